The molecular weight excluding hydrogens is 160 g/mol. The second-order valence-corrected chi connectivity index (χ2v) is 3.09. The van der Waals surface area contributed by atoms with Crippen LogP contribution in [0.3, 0.4) is 0 Å². The molecule has 0 aromatic carbocycles. The molecule has 1 atom stereocenters. The van der Waals surface area contributed by atoms with Crippen molar-refractivity contribution in [3.05, 3.63) is 0 Å². The van der Waals surface area contributed by atoms with Crippen molar-refractivity contribution in [3.8, 4) is 0 Å². The number of nitrogens with zero attached hydrogens (tertiary/aromatic N) is 2. The number of hydrogen-bond donors (Lipinski definition) is 0. The Morgan fingerprint density at radius 3 is 1.69 bits per heavy atom. The minimum Gasteiger partial charge on any atom is -0.304 e. The summed E-state index contributed by atoms with van der Waals surface area (Å²) in [5.74, 6) is 0. The van der Waals surface area contributed by atoms with Crippen LogP contribution in [-0.4, -0.2) is 49.6 Å². The highest BCUT2D eigenvalue weighted by atomic mass is 15.3. The third kappa shape index (κ3) is 7.03. The summed E-state index contributed by atoms with van der Waals surface area (Å²) < 4.78 is 0. The van der Waals surface area contributed by atoms with Gasteiger partial charge in [-0.05, 0) is 21.0 Å². The number of piperazine rings is 1. The van der Waals surface area contributed by atoms with E-state index in [2.05, 4.69) is 30.8 Å². The SMILES string of the molecule is CC.CC.C[C@H]1CN(C)CCN1C. The first-order chi connectivity index (χ1) is 6.20. The lowest BCUT2D eigenvalue weighted by atomic mass is 10.2. The van der Waals surface area contributed by atoms with E-state index in [4.69, 9.17) is 0 Å². The average molecular weight is 188 g/mol. The molecule has 0 bridgehead atoms. The van der Waals surface area contributed by atoms with Gasteiger partial charge < -0.3 is 9.80 Å². The van der Waals surface area contributed by atoms with E-state index >= 15 is 0 Å². The van der Waals surface area contributed by atoms with Crippen LogP contribution in [0.2, 0.25) is 0 Å². The molecule has 0 aromatic rings. The van der Waals surface area contributed by atoms with Gasteiger partial charge in [0.1, 0.15) is 0 Å². The summed E-state index contributed by atoms with van der Waals surface area (Å²) in [6, 6.07) is 0.740. The lowest BCUT2D eigenvalue weighted by molar-refractivity contribution is 0.125. The van der Waals surface area contributed by atoms with E-state index in [0.29, 0.717) is 0 Å². The minimum atomic E-state index is 0.740. The van der Waals surface area contributed by atoms with E-state index in [0.717, 1.165) is 6.04 Å². The van der Waals surface area contributed by atoms with Crippen molar-refractivity contribution < 1.29 is 0 Å². The molecule has 1 aliphatic rings. The standard InChI is InChI=1S/C7H16N2.2C2H6/c1-7-6-8(2)4-5-9(7)3;2*1-2/h7H,4-6H2,1-3H3;2*1-2H3/t7-;;/m0../s1. The molecule has 82 valence electrons. The molecule has 0 aromatic heterocycles. The smallest absolute Gasteiger partial charge is 0.0192 e. The number of likely N-dealkylation sites (N-methyl/N-ethyl adjacent to an activating group) is 2. The Morgan fingerprint density at radius 1 is 0.923 bits per heavy atom. The van der Waals surface area contributed by atoms with Gasteiger partial charge in [-0.25, -0.2) is 0 Å². The normalized spacial score (nSPS) is 23.8. The van der Waals surface area contributed by atoms with Gasteiger partial charge >= 0.3 is 0 Å². The Kier molecular flexibility index (Phi) is 11.8. The lowest BCUT2D eigenvalue weighted by Gasteiger charge is -2.35. The second kappa shape index (κ2) is 10.0. The first-order valence-corrected chi connectivity index (χ1v) is 5.59. The third-order valence-corrected chi connectivity index (χ3v) is 2.16. The van der Waals surface area contributed by atoms with Crippen LogP contribution in [0.1, 0.15) is 34.6 Å². The van der Waals surface area contributed by atoms with Gasteiger partial charge in [0, 0.05) is 25.7 Å². The Hall–Kier alpha value is -0.0800. The fourth-order valence-corrected chi connectivity index (χ4v) is 1.23. The Morgan fingerprint density at radius 2 is 1.38 bits per heavy atom. The molecule has 1 fully saturated rings. The Labute approximate surface area is 84.9 Å². The Bertz CT molecular complexity index is 94.1. The molecule has 2 heteroatoms. The van der Waals surface area contributed by atoms with Crippen LogP contribution >= 0.6 is 0 Å². The van der Waals surface area contributed by atoms with Gasteiger partial charge in [0.15, 0.2) is 0 Å². The van der Waals surface area contributed by atoms with Gasteiger partial charge in [0.25, 0.3) is 0 Å². The molecule has 0 spiro atoms. The first kappa shape index (κ1) is 15.4. The van der Waals surface area contributed by atoms with E-state index in [9.17, 15) is 0 Å². The topological polar surface area (TPSA) is 6.48 Å². The van der Waals surface area contributed by atoms with Crippen LogP contribution in [0.25, 0.3) is 0 Å². The molecule has 1 heterocycles. The largest absolute Gasteiger partial charge is 0.304 e. The van der Waals surface area contributed by atoms with Gasteiger partial charge in [0.05, 0.1) is 0 Å². The fourth-order valence-electron chi connectivity index (χ4n) is 1.23. The zero-order valence-electron chi connectivity index (χ0n) is 10.6. The highest BCUT2D eigenvalue weighted by Gasteiger charge is 2.16. The van der Waals surface area contributed by atoms with Crippen LogP contribution in [0, 0.1) is 0 Å². The van der Waals surface area contributed by atoms with Crippen molar-refractivity contribution in [2.45, 2.75) is 40.7 Å². The molecule has 1 aliphatic heterocycles. The van der Waals surface area contributed by atoms with Crippen molar-refractivity contribution in [1.29, 1.82) is 0 Å². The predicted molar refractivity (Wildman–Crippen MR) is 62.3 cm³/mol. The monoisotopic (exact) mass is 188 g/mol. The van der Waals surface area contributed by atoms with Crippen LogP contribution in [0.5, 0.6) is 0 Å². The van der Waals surface area contributed by atoms with Gasteiger partial charge in [-0.3, -0.25) is 0 Å². The van der Waals surface area contributed by atoms with Gasteiger partial charge in [-0.15, -0.1) is 0 Å². The zero-order valence-corrected chi connectivity index (χ0v) is 10.6. The molecule has 0 aliphatic carbocycles. The van der Waals surface area contributed by atoms with Crippen LogP contribution < -0.4 is 0 Å². The molecule has 0 radical (unpaired) electrons. The van der Waals surface area contributed by atoms with Crippen LogP contribution in [-0.2, 0) is 0 Å². The van der Waals surface area contributed by atoms with Crippen molar-refractivity contribution in [2.24, 2.45) is 0 Å². The lowest BCUT2D eigenvalue weighted by Crippen LogP contribution is -2.48. The van der Waals surface area contributed by atoms with E-state index in [-0.39, 0.29) is 0 Å². The van der Waals surface area contributed by atoms with E-state index in [1.54, 1.807) is 0 Å². The van der Waals surface area contributed by atoms with Gasteiger partial charge in [0.2, 0.25) is 0 Å². The van der Waals surface area contributed by atoms with Crippen LogP contribution in [0.15, 0.2) is 0 Å². The summed E-state index contributed by atoms with van der Waals surface area (Å²) in [5, 5.41) is 0. The van der Waals surface area contributed by atoms with Gasteiger partial charge in [-0.2, -0.15) is 0 Å². The summed E-state index contributed by atoms with van der Waals surface area (Å²) in [4.78, 5) is 4.78. The molecule has 0 unspecified atom stereocenters. The molecule has 1 rings (SSSR count). The maximum absolute atomic E-state index is 2.40. The summed E-state index contributed by atoms with van der Waals surface area (Å²) >= 11 is 0. The van der Waals surface area contributed by atoms with E-state index < -0.39 is 0 Å². The maximum Gasteiger partial charge on any atom is 0.0192 e. The third-order valence-electron chi connectivity index (χ3n) is 2.16. The van der Waals surface area contributed by atoms with Gasteiger partial charge in [-0.1, -0.05) is 27.7 Å². The molecule has 2 nitrogen and oxygen atoms in total. The fraction of sp³-hybridized carbons (Fsp3) is 1.00. The molecular formula is C11H28N2. The quantitative estimate of drug-likeness (QED) is 0.575. The van der Waals surface area contributed by atoms with Crippen molar-refractivity contribution in [2.75, 3.05) is 33.7 Å². The summed E-state index contributed by atoms with van der Waals surface area (Å²) in [7, 11) is 4.38. The van der Waals surface area contributed by atoms with E-state index in [1.807, 2.05) is 27.7 Å². The highest BCUT2D eigenvalue weighted by Crippen LogP contribution is 2.03. The molecule has 0 saturated carbocycles. The van der Waals surface area contributed by atoms with Crippen molar-refractivity contribution >= 4 is 0 Å². The van der Waals surface area contributed by atoms with Crippen LogP contribution in [0.4, 0.5) is 0 Å². The molecule has 13 heavy (non-hydrogen) atoms. The predicted octanol–water partition coefficient (Wildman–Crippen LogP) is 2.30. The molecule has 0 N–H and O–H groups in total. The first-order valence-electron chi connectivity index (χ1n) is 5.59. The zero-order chi connectivity index (χ0) is 10.9. The number of rotatable bonds is 0. The average Bonchev–Trinajstić information content (AvgIpc) is 2.18. The highest BCUT2D eigenvalue weighted by molar-refractivity contribution is 4.73. The summed E-state index contributed by atoms with van der Waals surface area (Å²) in [5.41, 5.74) is 0. The van der Waals surface area contributed by atoms with Crippen molar-refractivity contribution in [3.63, 3.8) is 0 Å². The summed E-state index contributed by atoms with van der Waals surface area (Å²) in [6.45, 7) is 13.9. The molecule has 1 saturated heterocycles. The summed E-state index contributed by atoms with van der Waals surface area (Å²) in [6.07, 6.45) is 0. The second-order valence-electron chi connectivity index (χ2n) is 3.09. The molecule has 0 amide bonds. The van der Waals surface area contributed by atoms with E-state index in [1.165, 1.54) is 19.6 Å². The number of hydrogen-bond acceptors (Lipinski definition) is 2. The van der Waals surface area contributed by atoms with Crippen molar-refractivity contribution in [1.82, 2.24) is 9.80 Å². The Balaban J connectivity index is 0. The minimum absolute atomic E-state index is 0.740. The maximum atomic E-state index is 2.40.